The van der Waals surface area contributed by atoms with E-state index < -0.39 is 5.82 Å². The predicted molar refractivity (Wildman–Crippen MR) is 132 cm³/mol. The van der Waals surface area contributed by atoms with E-state index in [1.807, 2.05) is 67.6 Å². The Kier molecular flexibility index (Phi) is 5.60. The average Bonchev–Trinajstić information content (AvgIpc) is 3.21. The summed E-state index contributed by atoms with van der Waals surface area (Å²) >= 11 is 1.46. The lowest BCUT2D eigenvalue weighted by Gasteiger charge is -2.25. The van der Waals surface area contributed by atoms with Gasteiger partial charge < -0.3 is 5.32 Å². The van der Waals surface area contributed by atoms with Crippen molar-refractivity contribution in [3.05, 3.63) is 107 Å². The number of amides is 2. The Bertz CT molecular complexity index is 1370. The van der Waals surface area contributed by atoms with E-state index in [1.54, 1.807) is 18.2 Å². The Morgan fingerprint density at radius 2 is 1.76 bits per heavy atom. The highest BCUT2D eigenvalue weighted by Crippen LogP contribution is 2.43. The van der Waals surface area contributed by atoms with Crippen molar-refractivity contribution in [2.75, 3.05) is 16.0 Å². The maximum Gasteiger partial charge on any atom is 0.256 e. The molecule has 0 spiro atoms. The van der Waals surface area contributed by atoms with Gasteiger partial charge in [-0.3, -0.25) is 14.5 Å². The number of rotatable bonds is 4. The number of carbonyl (C=O) groups excluding carboxylic acids is 2. The van der Waals surface area contributed by atoms with Crippen LogP contribution in [0.15, 0.2) is 84.9 Å². The first-order valence-electron chi connectivity index (χ1n) is 10.6. The number of hydrogen-bond acceptors (Lipinski definition) is 3. The van der Waals surface area contributed by atoms with Gasteiger partial charge >= 0.3 is 0 Å². The molecule has 164 valence electrons. The molecule has 4 aromatic carbocycles. The largest absolute Gasteiger partial charge is 0.322 e. The first kappa shape index (κ1) is 21.2. The van der Waals surface area contributed by atoms with Crippen LogP contribution in [0.1, 0.15) is 26.9 Å². The number of benzene rings is 4. The minimum Gasteiger partial charge on any atom is -0.322 e. The van der Waals surface area contributed by atoms with Crippen molar-refractivity contribution in [1.82, 2.24) is 0 Å². The molecule has 4 nitrogen and oxygen atoms in total. The average molecular weight is 457 g/mol. The lowest BCUT2D eigenvalue weighted by atomic mass is 10.0. The van der Waals surface area contributed by atoms with Crippen molar-refractivity contribution in [2.24, 2.45) is 0 Å². The second-order valence-electron chi connectivity index (χ2n) is 7.98. The van der Waals surface area contributed by atoms with Gasteiger partial charge in [-0.05, 0) is 59.2 Å². The summed E-state index contributed by atoms with van der Waals surface area (Å²) in [5, 5.41) is 4.53. The fraction of sp³-hybridized carbons (Fsp3) is 0.111. The molecule has 1 atom stereocenters. The molecule has 33 heavy (non-hydrogen) atoms. The second-order valence-corrected chi connectivity index (χ2v) is 9.05. The van der Waals surface area contributed by atoms with E-state index >= 15 is 0 Å². The monoisotopic (exact) mass is 456 g/mol. The van der Waals surface area contributed by atoms with E-state index in [2.05, 4.69) is 5.32 Å². The van der Waals surface area contributed by atoms with Crippen LogP contribution in [0.25, 0.3) is 10.8 Å². The van der Waals surface area contributed by atoms with Gasteiger partial charge in [0.05, 0.1) is 11.4 Å². The summed E-state index contributed by atoms with van der Waals surface area (Å²) < 4.78 is 14.5. The molecule has 4 aromatic rings. The molecule has 2 amide bonds. The lowest BCUT2D eigenvalue weighted by molar-refractivity contribution is -0.115. The third kappa shape index (κ3) is 4.10. The summed E-state index contributed by atoms with van der Waals surface area (Å²) in [6, 6.07) is 25.6. The Morgan fingerprint density at radius 3 is 2.58 bits per heavy atom. The number of nitrogens with zero attached hydrogens (tertiary/aromatic N) is 1. The molecular weight excluding hydrogens is 435 g/mol. The first-order valence-corrected chi connectivity index (χ1v) is 11.6. The summed E-state index contributed by atoms with van der Waals surface area (Å²) in [5.41, 5.74) is 3.31. The third-order valence-electron chi connectivity index (χ3n) is 5.72. The van der Waals surface area contributed by atoms with E-state index in [-0.39, 0.29) is 22.9 Å². The zero-order valence-corrected chi connectivity index (χ0v) is 18.7. The second kappa shape index (κ2) is 8.71. The topological polar surface area (TPSA) is 49.4 Å². The maximum atomic E-state index is 14.5. The van der Waals surface area contributed by atoms with E-state index in [9.17, 15) is 14.0 Å². The predicted octanol–water partition coefficient (Wildman–Crippen LogP) is 6.32. The molecule has 1 heterocycles. The number of thioether (sulfide) groups is 1. The van der Waals surface area contributed by atoms with Crippen LogP contribution in [0.4, 0.5) is 15.8 Å². The molecule has 1 N–H and O–H groups in total. The minimum absolute atomic E-state index is 0.122. The van der Waals surface area contributed by atoms with Gasteiger partial charge in [0.2, 0.25) is 5.91 Å². The van der Waals surface area contributed by atoms with Crippen molar-refractivity contribution in [2.45, 2.75) is 12.3 Å². The van der Waals surface area contributed by atoms with Crippen molar-refractivity contribution in [3.63, 3.8) is 0 Å². The molecule has 0 radical (unpaired) electrons. The summed E-state index contributed by atoms with van der Waals surface area (Å²) in [5.74, 6) is -0.436. The van der Waals surface area contributed by atoms with Gasteiger partial charge in [0.1, 0.15) is 11.2 Å². The number of halogens is 1. The minimum atomic E-state index is -0.416. The van der Waals surface area contributed by atoms with Gasteiger partial charge in [-0.1, -0.05) is 54.6 Å². The van der Waals surface area contributed by atoms with Crippen molar-refractivity contribution in [3.8, 4) is 0 Å². The molecule has 0 bridgehead atoms. The molecule has 1 saturated heterocycles. The number of anilines is 2. The summed E-state index contributed by atoms with van der Waals surface area (Å²) in [6.45, 7) is 1.87. The zero-order chi connectivity index (χ0) is 22.9. The highest BCUT2D eigenvalue weighted by atomic mass is 32.2. The fourth-order valence-electron chi connectivity index (χ4n) is 4.09. The smallest absolute Gasteiger partial charge is 0.256 e. The van der Waals surface area contributed by atoms with Gasteiger partial charge in [0.25, 0.3) is 5.91 Å². The third-order valence-corrected chi connectivity index (χ3v) is 6.93. The van der Waals surface area contributed by atoms with E-state index in [0.29, 0.717) is 16.9 Å². The number of nitrogens with one attached hydrogen (secondary N) is 1. The summed E-state index contributed by atoms with van der Waals surface area (Å²) in [6.07, 6.45) is 0. The molecule has 0 saturated carbocycles. The van der Waals surface area contributed by atoms with Crippen LogP contribution in [-0.4, -0.2) is 17.6 Å². The van der Waals surface area contributed by atoms with Crippen molar-refractivity contribution in [1.29, 1.82) is 0 Å². The molecular formula is C27H21FN2O2S. The van der Waals surface area contributed by atoms with E-state index in [0.717, 1.165) is 21.9 Å². The number of carbonyl (C=O) groups is 2. The van der Waals surface area contributed by atoms with Crippen LogP contribution >= 0.6 is 11.8 Å². The van der Waals surface area contributed by atoms with E-state index in [4.69, 9.17) is 0 Å². The van der Waals surface area contributed by atoms with Crippen LogP contribution < -0.4 is 10.2 Å². The lowest BCUT2D eigenvalue weighted by Crippen LogP contribution is -2.28. The number of aryl methyl sites for hydroxylation is 1. The summed E-state index contributed by atoms with van der Waals surface area (Å²) in [4.78, 5) is 27.0. The molecule has 0 aromatic heterocycles. The van der Waals surface area contributed by atoms with Gasteiger partial charge in [0, 0.05) is 11.3 Å². The SMILES string of the molecule is Cc1ccc(F)c(N2C(=O)CS[C@H]2c2ccc(NC(=O)c3cccc4ccccc34)cc2)c1. The van der Waals surface area contributed by atoms with Gasteiger partial charge in [-0.2, -0.15) is 0 Å². The molecule has 1 aliphatic rings. The summed E-state index contributed by atoms with van der Waals surface area (Å²) in [7, 11) is 0. The molecule has 6 heteroatoms. The normalized spacial score (nSPS) is 15.8. The highest BCUT2D eigenvalue weighted by Gasteiger charge is 2.35. The van der Waals surface area contributed by atoms with Crippen LogP contribution in [0.5, 0.6) is 0 Å². The molecule has 0 aliphatic carbocycles. The molecule has 1 aliphatic heterocycles. The number of fused-ring (bicyclic) bond motifs is 1. The number of hydrogen-bond donors (Lipinski definition) is 1. The molecule has 5 rings (SSSR count). The Labute approximate surface area is 195 Å². The van der Waals surface area contributed by atoms with Gasteiger partial charge in [-0.15, -0.1) is 11.8 Å². The van der Waals surface area contributed by atoms with Crippen molar-refractivity contribution >= 4 is 45.7 Å². The quantitative estimate of drug-likeness (QED) is 0.391. The van der Waals surface area contributed by atoms with Crippen LogP contribution in [-0.2, 0) is 4.79 Å². The highest BCUT2D eigenvalue weighted by molar-refractivity contribution is 8.00. The van der Waals surface area contributed by atoms with Crippen LogP contribution in [0, 0.1) is 12.7 Å². The Morgan fingerprint density at radius 1 is 1.00 bits per heavy atom. The molecule has 0 unspecified atom stereocenters. The van der Waals surface area contributed by atoms with Gasteiger partial charge in [-0.25, -0.2) is 4.39 Å². The van der Waals surface area contributed by atoms with E-state index in [1.165, 1.54) is 22.7 Å². The fourth-order valence-corrected chi connectivity index (χ4v) is 5.26. The first-order chi connectivity index (χ1) is 16.0. The Hall–Kier alpha value is -3.64. The zero-order valence-electron chi connectivity index (χ0n) is 17.9. The van der Waals surface area contributed by atoms with Crippen molar-refractivity contribution < 1.29 is 14.0 Å². The van der Waals surface area contributed by atoms with Crippen LogP contribution in [0.2, 0.25) is 0 Å². The standard InChI is InChI=1S/C27H21FN2O2S/c1-17-9-14-23(28)24(15-17)30-25(31)16-33-27(30)19-10-12-20(13-11-19)29-26(32)22-8-4-6-18-5-2-3-7-21(18)22/h2-15,27H,16H2,1H3,(H,29,32)/t27-/m0/s1. The maximum absolute atomic E-state index is 14.5. The van der Waals surface area contributed by atoms with Crippen LogP contribution in [0.3, 0.4) is 0 Å². The Balaban J connectivity index is 1.38. The molecule has 1 fully saturated rings. The van der Waals surface area contributed by atoms with Gasteiger partial charge in [0.15, 0.2) is 0 Å².